The van der Waals surface area contributed by atoms with Crippen molar-refractivity contribution in [2.45, 2.75) is 77.8 Å². The fraction of sp³-hybridized carbons (Fsp3) is 0.947. The van der Waals surface area contributed by atoms with Gasteiger partial charge in [-0.3, -0.25) is 4.79 Å². The summed E-state index contributed by atoms with van der Waals surface area (Å²) in [5.41, 5.74) is -0.579. The molecule has 0 aromatic carbocycles. The number of ether oxygens (including phenoxy) is 2. The van der Waals surface area contributed by atoms with Crippen LogP contribution < -0.4 is 0 Å². The molecule has 5 rings (SSSR count). The summed E-state index contributed by atoms with van der Waals surface area (Å²) in [5, 5.41) is 10.8. The summed E-state index contributed by atoms with van der Waals surface area (Å²) in [6.07, 6.45) is 5.08. The SMILES string of the molecule is CC1(C)C(=O)OC(O)[C@@]2(C)[C@H]1CC[C@]13C[C@H](CC[C@@H]12)[C@]1(C)OC31. The second-order valence-corrected chi connectivity index (χ2v) is 9.88. The largest absolute Gasteiger partial charge is 0.435 e. The summed E-state index contributed by atoms with van der Waals surface area (Å²) in [6, 6.07) is 0. The first-order chi connectivity index (χ1) is 10.7. The number of aliphatic hydroxyl groups excluding tert-OH is 1. The van der Waals surface area contributed by atoms with Crippen LogP contribution >= 0.6 is 0 Å². The molecule has 2 saturated heterocycles. The molecular formula is C19H28O4. The fourth-order valence-electron chi connectivity index (χ4n) is 7.67. The fourth-order valence-corrected chi connectivity index (χ4v) is 7.67. The zero-order valence-electron chi connectivity index (χ0n) is 14.6. The van der Waals surface area contributed by atoms with E-state index in [0.29, 0.717) is 17.9 Å². The van der Waals surface area contributed by atoms with Crippen LogP contribution in [0.4, 0.5) is 0 Å². The molecule has 2 heterocycles. The zero-order valence-corrected chi connectivity index (χ0v) is 14.6. The van der Waals surface area contributed by atoms with Gasteiger partial charge in [0, 0.05) is 10.8 Å². The Balaban J connectivity index is 1.62. The first-order valence-electron chi connectivity index (χ1n) is 9.24. The molecule has 3 saturated carbocycles. The van der Waals surface area contributed by atoms with Gasteiger partial charge in [0.05, 0.1) is 17.1 Å². The van der Waals surface area contributed by atoms with Crippen molar-refractivity contribution in [3.8, 4) is 0 Å². The molecule has 1 N–H and O–H groups in total. The lowest BCUT2D eigenvalue weighted by atomic mass is 9.43. The van der Waals surface area contributed by atoms with E-state index in [9.17, 15) is 9.90 Å². The Morgan fingerprint density at radius 3 is 2.57 bits per heavy atom. The van der Waals surface area contributed by atoms with Crippen LogP contribution in [0.25, 0.3) is 0 Å². The number of fused-ring (bicyclic) bond motifs is 5. The number of esters is 1. The second kappa shape index (κ2) is 3.80. The monoisotopic (exact) mass is 320 g/mol. The van der Waals surface area contributed by atoms with Crippen molar-refractivity contribution in [1.82, 2.24) is 0 Å². The summed E-state index contributed by atoms with van der Waals surface area (Å²) in [5.74, 6) is 1.02. The van der Waals surface area contributed by atoms with Crippen molar-refractivity contribution < 1.29 is 19.4 Å². The van der Waals surface area contributed by atoms with Gasteiger partial charge >= 0.3 is 5.97 Å². The number of carbonyl (C=O) groups is 1. The standard InChI is InChI=1S/C19H28O4/c1-16(2)11-7-8-19-9-10(18(4)13(19)23-18)5-6-12(19)17(11,3)15(21)22-14(16)20/h10-13,15,21H,5-9H2,1-4H3/t10-,11-,12+,13?,15?,17-,18-,19-/m0/s1. The van der Waals surface area contributed by atoms with E-state index in [1.54, 1.807) is 0 Å². The molecule has 5 fully saturated rings. The van der Waals surface area contributed by atoms with E-state index >= 15 is 0 Å². The highest BCUT2D eigenvalue weighted by Crippen LogP contribution is 2.77. The van der Waals surface area contributed by atoms with Crippen LogP contribution in [0.2, 0.25) is 0 Å². The van der Waals surface area contributed by atoms with Crippen LogP contribution in [0.15, 0.2) is 0 Å². The second-order valence-electron chi connectivity index (χ2n) is 9.88. The first kappa shape index (κ1) is 14.7. The molecule has 0 amide bonds. The molecule has 1 spiro atoms. The van der Waals surface area contributed by atoms with Crippen molar-refractivity contribution in [2.75, 3.05) is 0 Å². The lowest BCUT2D eigenvalue weighted by molar-refractivity contribution is -0.287. The number of cyclic esters (lactones) is 1. The third-order valence-electron chi connectivity index (χ3n) is 8.84. The molecule has 0 radical (unpaired) electrons. The van der Waals surface area contributed by atoms with E-state index in [1.165, 1.54) is 12.8 Å². The van der Waals surface area contributed by atoms with Crippen molar-refractivity contribution >= 4 is 5.97 Å². The summed E-state index contributed by atoms with van der Waals surface area (Å²) in [7, 11) is 0. The van der Waals surface area contributed by atoms with Crippen LogP contribution in [0.1, 0.15) is 59.8 Å². The van der Waals surface area contributed by atoms with Gasteiger partial charge in [0.2, 0.25) is 6.29 Å². The Bertz CT molecular complexity index is 600. The molecule has 2 aliphatic heterocycles. The summed E-state index contributed by atoms with van der Waals surface area (Å²) in [6.45, 7) is 8.47. The van der Waals surface area contributed by atoms with Crippen molar-refractivity contribution in [3.05, 3.63) is 0 Å². The van der Waals surface area contributed by atoms with Gasteiger partial charge in [0.25, 0.3) is 0 Å². The highest BCUT2D eigenvalue weighted by molar-refractivity contribution is 5.77. The number of carbonyl (C=O) groups excluding carboxylic acids is 1. The van der Waals surface area contributed by atoms with Gasteiger partial charge in [0.1, 0.15) is 0 Å². The Kier molecular flexibility index (Phi) is 2.43. The topological polar surface area (TPSA) is 59.1 Å². The molecule has 23 heavy (non-hydrogen) atoms. The summed E-state index contributed by atoms with van der Waals surface area (Å²) >= 11 is 0. The molecule has 0 aromatic rings. The van der Waals surface area contributed by atoms with Crippen molar-refractivity contribution in [1.29, 1.82) is 0 Å². The highest BCUT2D eigenvalue weighted by Gasteiger charge is 2.80. The molecule has 2 bridgehead atoms. The minimum atomic E-state index is -0.975. The molecular weight excluding hydrogens is 292 g/mol. The minimum absolute atomic E-state index is 0.0871. The minimum Gasteiger partial charge on any atom is -0.435 e. The van der Waals surface area contributed by atoms with Crippen molar-refractivity contribution in [2.24, 2.45) is 34.0 Å². The van der Waals surface area contributed by atoms with Crippen LogP contribution in [0.5, 0.6) is 0 Å². The maximum Gasteiger partial charge on any atom is 0.314 e. The number of hydrogen-bond donors (Lipinski definition) is 1. The maximum absolute atomic E-state index is 12.4. The number of hydrogen-bond acceptors (Lipinski definition) is 4. The van der Waals surface area contributed by atoms with Gasteiger partial charge in [-0.15, -0.1) is 0 Å². The Morgan fingerprint density at radius 1 is 1.09 bits per heavy atom. The van der Waals surface area contributed by atoms with E-state index in [-0.39, 0.29) is 28.3 Å². The summed E-state index contributed by atoms with van der Waals surface area (Å²) in [4.78, 5) is 12.4. The quantitative estimate of drug-likeness (QED) is 0.551. The Hall–Kier alpha value is -0.610. The van der Waals surface area contributed by atoms with Gasteiger partial charge < -0.3 is 14.6 Å². The summed E-state index contributed by atoms with van der Waals surface area (Å²) < 4.78 is 11.7. The third-order valence-corrected chi connectivity index (χ3v) is 8.84. The van der Waals surface area contributed by atoms with E-state index in [4.69, 9.17) is 9.47 Å². The van der Waals surface area contributed by atoms with Crippen LogP contribution in [-0.2, 0) is 14.3 Å². The maximum atomic E-state index is 12.4. The smallest absolute Gasteiger partial charge is 0.314 e. The highest BCUT2D eigenvalue weighted by atomic mass is 16.6. The Morgan fingerprint density at radius 2 is 1.83 bits per heavy atom. The van der Waals surface area contributed by atoms with Gasteiger partial charge in [-0.1, -0.05) is 6.92 Å². The lowest BCUT2D eigenvalue weighted by Crippen LogP contribution is -2.65. The van der Waals surface area contributed by atoms with E-state index in [1.807, 2.05) is 13.8 Å². The van der Waals surface area contributed by atoms with Crippen LogP contribution in [0.3, 0.4) is 0 Å². The predicted octanol–water partition coefficient (Wildman–Crippen LogP) is 2.88. The van der Waals surface area contributed by atoms with Gasteiger partial charge in [-0.25, -0.2) is 0 Å². The zero-order chi connectivity index (χ0) is 16.4. The normalized spacial score (nSPS) is 62.0. The van der Waals surface area contributed by atoms with E-state index in [2.05, 4.69) is 13.8 Å². The molecule has 128 valence electrons. The van der Waals surface area contributed by atoms with E-state index in [0.717, 1.165) is 19.3 Å². The van der Waals surface area contributed by atoms with Gasteiger partial charge in [-0.05, 0) is 70.6 Å². The predicted molar refractivity (Wildman–Crippen MR) is 83.3 cm³/mol. The molecule has 4 nitrogen and oxygen atoms in total. The molecule has 5 aliphatic rings. The molecule has 4 heteroatoms. The number of epoxide rings is 1. The van der Waals surface area contributed by atoms with Gasteiger partial charge in [-0.2, -0.15) is 0 Å². The lowest BCUT2D eigenvalue weighted by Gasteiger charge is -2.63. The van der Waals surface area contributed by atoms with Crippen LogP contribution in [-0.4, -0.2) is 29.1 Å². The average molecular weight is 320 g/mol. The molecule has 8 atom stereocenters. The van der Waals surface area contributed by atoms with Crippen molar-refractivity contribution in [3.63, 3.8) is 0 Å². The molecule has 0 aromatic heterocycles. The van der Waals surface area contributed by atoms with Gasteiger partial charge in [0.15, 0.2) is 0 Å². The molecule has 2 unspecified atom stereocenters. The molecule has 3 aliphatic carbocycles. The first-order valence-corrected chi connectivity index (χ1v) is 9.24. The Labute approximate surface area is 137 Å². The van der Waals surface area contributed by atoms with E-state index < -0.39 is 11.7 Å². The number of rotatable bonds is 0. The number of aliphatic hydroxyl groups is 1. The third kappa shape index (κ3) is 1.38. The van der Waals surface area contributed by atoms with Crippen LogP contribution in [0, 0.1) is 34.0 Å². The average Bonchev–Trinajstić information content (AvgIpc) is 3.15.